The molecule has 0 aromatic heterocycles. The van der Waals surface area contributed by atoms with Gasteiger partial charge < -0.3 is 0 Å². The molecule has 5 aliphatic rings. The average Bonchev–Trinajstić information content (AvgIpc) is 2.67. The van der Waals surface area contributed by atoms with E-state index < -0.39 is 0 Å². The summed E-state index contributed by atoms with van der Waals surface area (Å²) in [4.78, 5) is 12.9. The van der Waals surface area contributed by atoms with E-state index in [1.807, 2.05) is 0 Å². The van der Waals surface area contributed by atoms with Crippen LogP contribution in [-0.4, -0.2) is 5.78 Å². The summed E-state index contributed by atoms with van der Waals surface area (Å²) in [6.07, 6.45) is 14.7. The van der Waals surface area contributed by atoms with Crippen molar-refractivity contribution >= 4 is 5.78 Å². The molecule has 0 aliphatic heterocycles. The number of Topliss-reactive ketones (excluding diaryl/α,β-unsaturated/α-hetero) is 1. The van der Waals surface area contributed by atoms with E-state index >= 15 is 0 Å². The van der Waals surface area contributed by atoms with E-state index in [0.29, 0.717) is 38.8 Å². The minimum Gasteiger partial charge on any atom is -0.299 e. The first-order valence-corrected chi connectivity index (χ1v) is 13.7. The maximum absolute atomic E-state index is 12.9. The molecule has 0 heterocycles. The Bertz CT molecular complexity index is 777. The van der Waals surface area contributed by atoms with Gasteiger partial charge in [0.15, 0.2) is 0 Å². The summed E-state index contributed by atoms with van der Waals surface area (Å²) in [5, 5.41) is 0. The SMILES string of the molecule is CC1(C)CC[C@]2(C)CC[C@]3(C)[C@H](CC[C@@H]4[C@@]5(C)CCC(=O)C(C)(C)[C@@H]5CC[C@]43C)[C@@H]2C1. The third-order valence-corrected chi connectivity index (χ3v) is 13.4. The normalized spacial score (nSPS) is 55.4. The lowest BCUT2D eigenvalue weighted by Gasteiger charge is -2.73. The molecule has 0 radical (unpaired) electrons. The van der Waals surface area contributed by atoms with Crippen LogP contribution in [0.5, 0.6) is 0 Å². The lowest BCUT2D eigenvalue weighted by atomic mass is 9.31. The standard InChI is InChI=1S/C30H50O/c1-25(2)15-16-27(5)17-18-29(7)20(21(27)19-25)9-10-23-28(6)13-12-24(31)26(3,4)22(28)11-14-30(23,29)8/h20-23H,9-19H2,1-8H3/t20-,21+,22+,23-,27-,28+,29-,30-/m1/s1. The van der Waals surface area contributed by atoms with Gasteiger partial charge in [0.1, 0.15) is 5.78 Å². The van der Waals surface area contributed by atoms with Gasteiger partial charge in [-0.25, -0.2) is 0 Å². The Morgan fingerprint density at radius 1 is 0.645 bits per heavy atom. The van der Waals surface area contributed by atoms with Crippen molar-refractivity contribution < 1.29 is 4.79 Å². The monoisotopic (exact) mass is 426 g/mol. The van der Waals surface area contributed by atoms with Gasteiger partial charge in [-0.1, -0.05) is 55.4 Å². The van der Waals surface area contributed by atoms with Crippen molar-refractivity contribution in [1.29, 1.82) is 0 Å². The highest BCUT2D eigenvalue weighted by atomic mass is 16.1. The Morgan fingerprint density at radius 3 is 2.03 bits per heavy atom. The van der Waals surface area contributed by atoms with Crippen LogP contribution < -0.4 is 0 Å². The zero-order valence-electron chi connectivity index (χ0n) is 22.0. The molecule has 5 saturated carbocycles. The molecule has 1 nitrogen and oxygen atoms in total. The molecule has 5 rings (SSSR count). The van der Waals surface area contributed by atoms with Gasteiger partial charge in [0.05, 0.1) is 0 Å². The second-order valence-electron chi connectivity index (χ2n) is 15.4. The highest BCUT2D eigenvalue weighted by molar-refractivity contribution is 5.85. The maximum atomic E-state index is 12.9. The molecule has 0 bridgehead atoms. The molecule has 0 saturated heterocycles. The van der Waals surface area contributed by atoms with Crippen LogP contribution >= 0.6 is 0 Å². The second-order valence-corrected chi connectivity index (χ2v) is 15.4. The van der Waals surface area contributed by atoms with Gasteiger partial charge in [0.25, 0.3) is 0 Å². The predicted octanol–water partition coefficient (Wildman–Crippen LogP) is 8.46. The van der Waals surface area contributed by atoms with Gasteiger partial charge >= 0.3 is 0 Å². The van der Waals surface area contributed by atoms with Gasteiger partial charge in [0, 0.05) is 11.8 Å². The molecule has 8 atom stereocenters. The molecule has 0 unspecified atom stereocenters. The average molecular weight is 427 g/mol. The number of rotatable bonds is 0. The number of hydrogen-bond donors (Lipinski definition) is 0. The van der Waals surface area contributed by atoms with E-state index in [2.05, 4.69) is 55.4 Å². The maximum Gasteiger partial charge on any atom is 0.138 e. The fraction of sp³-hybridized carbons (Fsp3) is 0.967. The Hall–Kier alpha value is -0.330. The summed E-state index contributed by atoms with van der Waals surface area (Å²) < 4.78 is 0. The first-order valence-electron chi connectivity index (χ1n) is 13.7. The van der Waals surface area contributed by atoms with Gasteiger partial charge in [0.2, 0.25) is 0 Å². The fourth-order valence-electron chi connectivity index (χ4n) is 11.1. The molecule has 5 fully saturated rings. The van der Waals surface area contributed by atoms with Crippen LogP contribution in [0.1, 0.15) is 126 Å². The van der Waals surface area contributed by atoms with Crippen molar-refractivity contribution in [3.63, 3.8) is 0 Å². The van der Waals surface area contributed by atoms with E-state index in [-0.39, 0.29) is 5.41 Å². The van der Waals surface area contributed by atoms with Gasteiger partial charge in [-0.2, -0.15) is 0 Å². The minimum atomic E-state index is -0.120. The summed E-state index contributed by atoms with van der Waals surface area (Å²) in [6.45, 7) is 20.4. The number of fused-ring (bicyclic) bond motifs is 7. The van der Waals surface area contributed by atoms with Crippen LogP contribution in [-0.2, 0) is 4.79 Å². The topological polar surface area (TPSA) is 17.1 Å². The predicted molar refractivity (Wildman–Crippen MR) is 130 cm³/mol. The van der Waals surface area contributed by atoms with Crippen LogP contribution in [0, 0.1) is 56.2 Å². The molecular weight excluding hydrogens is 376 g/mol. The highest BCUT2D eigenvalue weighted by Crippen LogP contribution is 2.76. The zero-order valence-corrected chi connectivity index (χ0v) is 22.0. The molecule has 31 heavy (non-hydrogen) atoms. The van der Waals surface area contributed by atoms with Gasteiger partial charge in [-0.3, -0.25) is 4.79 Å². The Labute approximate surface area is 192 Å². The van der Waals surface area contributed by atoms with Crippen LogP contribution in [0.25, 0.3) is 0 Å². The van der Waals surface area contributed by atoms with E-state index in [4.69, 9.17) is 0 Å². The van der Waals surface area contributed by atoms with Crippen LogP contribution in [0.2, 0.25) is 0 Å². The van der Waals surface area contributed by atoms with Crippen molar-refractivity contribution in [2.45, 2.75) is 126 Å². The van der Waals surface area contributed by atoms with E-state index in [1.54, 1.807) is 0 Å². The fourth-order valence-corrected chi connectivity index (χ4v) is 11.1. The first kappa shape index (κ1) is 22.5. The summed E-state index contributed by atoms with van der Waals surface area (Å²) in [6, 6.07) is 0. The summed E-state index contributed by atoms with van der Waals surface area (Å²) in [5.74, 6) is 3.75. The Balaban J connectivity index is 1.53. The molecule has 0 spiro atoms. The highest BCUT2D eigenvalue weighted by Gasteiger charge is 2.69. The molecular formula is C30H50O. The first-order chi connectivity index (χ1) is 14.2. The largest absolute Gasteiger partial charge is 0.299 e. The second kappa shape index (κ2) is 6.41. The summed E-state index contributed by atoms with van der Waals surface area (Å²) >= 11 is 0. The molecule has 0 aromatic carbocycles. The Morgan fingerprint density at radius 2 is 1.32 bits per heavy atom. The lowest BCUT2D eigenvalue weighted by Crippen LogP contribution is -2.66. The third kappa shape index (κ3) is 2.76. The van der Waals surface area contributed by atoms with Crippen molar-refractivity contribution in [2.24, 2.45) is 56.2 Å². The van der Waals surface area contributed by atoms with E-state index in [9.17, 15) is 4.79 Å². The minimum absolute atomic E-state index is 0.120. The van der Waals surface area contributed by atoms with E-state index in [0.717, 1.165) is 30.6 Å². The van der Waals surface area contributed by atoms with Gasteiger partial charge in [-0.15, -0.1) is 0 Å². The quantitative estimate of drug-likeness (QED) is 0.379. The lowest BCUT2D eigenvalue weighted by molar-refractivity contribution is -0.240. The summed E-state index contributed by atoms with van der Waals surface area (Å²) in [5.41, 5.74) is 2.27. The van der Waals surface area contributed by atoms with Crippen molar-refractivity contribution in [3.05, 3.63) is 0 Å². The number of hydrogen-bond acceptors (Lipinski definition) is 1. The van der Waals surface area contributed by atoms with E-state index in [1.165, 1.54) is 57.8 Å². The molecule has 0 aromatic rings. The van der Waals surface area contributed by atoms with Crippen LogP contribution in [0.4, 0.5) is 0 Å². The zero-order chi connectivity index (χ0) is 22.7. The van der Waals surface area contributed by atoms with Crippen molar-refractivity contribution in [2.75, 3.05) is 0 Å². The van der Waals surface area contributed by atoms with Crippen LogP contribution in [0.15, 0.2) is 0 Å². The molecule has 5 aliphatic carbocycles. The number of carbonyl (C=O) groups excluding carboxylic acids is 1. The smallest absolute Gasteiger partial charge is 0.138 e. The molecule has 0 N–H and O–H groups in total. The molecule has 0 amide bonds. The summed E-state index contributed by atoms with van der Waals surface area (Å²) in [7, 11) is 0. The Kier molecular flexibility index (Phi) is 4.65. The number of ketones is 1. The molecule has 1 heteroatoms. The molecule has 176 valence electrons. The van der Waals surface area contributed by atoms with Crippen molar-refractivity contribution in [3.8, 4) is 0 Å². The van der Waals surface area contributed by atoms with Crippen LogP contribution in [0.3, 0.4) is 0 Å². The van der Waals surface area contributed by atoms with Crippen molar-refractivity contribution in [1.82, 2.24) is 0 Å². The number of carbonyl (C=O) groups is 1. The third-order valence-electron chi connectivity index (χ3n) is 13.4. The van der Waals surface area contributed by atoms with Gasteiger partial charge in [-0.05, 0) is 115 Å².